The number of carbonyl (C=O) groups is 1. The van der Waals surface area contributed by atoms with Crippen LogP contribution in [0.2, 0.25) is 0 Å². The Kier molecular flexibility index (Phi) is 9.70. The molecular weight excluding hydrogens is 373 g/mol. The largest absolute Gasteiger partial charge is 0.440 e. The molecule has 3 rings (SSSR count). The van der Waals surface area contributed by atoms with Gasteiger partial charge in [-0.15, -0.1) is 24.8 Å². The van der Waals surface area contributed by atoms with Crippen LogP contribution < -0.4 is 10.6 Å². The molecule has 1 atom stereocenters. The van der Waals surface area contributed by atoms with Crippen molar-refractivity contribution in [3.63, 3.8) is 0 Å². The second kappa shape index (κ2) is 11.2. The van der Waals surface area contributed by atoms with Crippen molar-refractivity contribution in [1.29, 1.82) is 0 Å². The summed E-state index contributed by atoms with van der Waals surface area (Å²) in [7, 11) is 0. The highest BCUT2D eigenvalue weighted by atomic mass is 35.5. The number of aryl methyl sites for hydroxylation is 2. The van der Waals surface area contributed by atoms with Gasteiger partial charge >= 0.3 is 0 Å². The van der Waals surface area contributed by atoms with E-state index in [9.17, 15) is 4.79 Å². The predicted octanol–water partition coefficient (Wildman–Crippen LogP) is 3.54. The van der Waals surface area contributed by atoms with E-state index in [2.05, 4.69) is 15.6 Å². The lowest BCUT2D eigenvalue weighted by molar-refractivity contribution is -0.121. The predicted molar refractivity (Wildman–Crippen MR) is 108 cm³/mol. The Morgan fingerprint density at radius 1 is 1.31 bits per heavy atom. The first kappa shape index (κ1) is 22.5. The third-order valence-corrected chi connectivity index (χ3v) is 4.48. The second-order valence-corrected chi connectivity index (χ2v) is 6.39. The molecule has 0 bridgehead atoms. The number of hydrogen-bond acceptors (Lipinski definition) is 4. The average molecular weight is 400 g/mol. The van der Waals surface area contributed by atoms with Crippen molar-refractivity contribution in [2.45, 2.75) is 32.6 Å². The van der Waals surface area contributed by atoms with Crippen LogP contribution in [0.3, 0.4) is 0 Å². The molecule has 1 aliphatic rings. The molecule has 1 amide bonds. The van der Waals surface area contributed by atoms with Crippen molar-refractivity contribution in [2.24, 2.45) is 5.92 Å². The lowest BCUT2D eigenvalue weighted by Gasteiger charge is -2.08. The molecule has 1 fully saturated rings. The smallest absolute Gasteiger partial charge is 0.220 e. The molecule has 0 radical (unpaired) electrons. The summed E-state index contributed by atoms with van der Waals surface area (Å²) >= 11 is 0. The van der Waals surface area contributed by atoms with Gasteiger partial charge in [0, 0.05) is 24.9 Å². The Bertz CT molecular complexity index is 671. The highest BCUT2D eigenvalue weighted by Gasteiger charge is 2.15. The lowest BCUT2D eigenvalue weighted by Crippen LogP contribution is -2.26. The average Bonchev–Trinajstić information content (AvgIpc) is 3.23. The Balaban J connectivity index is 0.00000169. The number of aromatic nitrogens is 1. The van der Waals surface area contributed by atoms with E-state index in [0.717, 1.165) is 43.1 Å². The molecule has 0 spiro atoms. The molecule has 2 heterocycles. The summed E-state index contributed by atoms with van der Waals surface area (Å²) in [5, 5.41) is 6.34. The Hall–Kier alpha value is -1.56. The van der Waals surface area contributed by atoms with E-state index >= 15 is 0 Å². The molecule has 26 heavy (non-hydrogen) atoms. The van der Waals surface area contributed by atoms with Crippen molar-refractivity contribution < 1.29 is 9.21 Å². The summed E-state index contributed by atoms with van der Waals surface area (Å²) in [5.41, 5.74) is 1.88. The Labute approximate surface area is 167 Å². The first-order chi connectivity index (χ1) is 11.7. The van der Waals surface area contributed by atoms with Crippen LogP contribution in [0.25, 0.3) is 11.3 Å². The van der Waals surface area contributed by atoms with Crippen LogP contribution in [0.5, 0.6) is 0 Å². The number of halogens is 2. The Morgan fingerprint density at radius 2 is 2.08 bits per heavy atom. The zero-order chi connectivity index (χ0) is 16.8. The monoisotopic (exact) mass is 399 g/mol. The SMILES string of the molecule is Cc1nc(CCC(=O)NCCC2CCNC2)oc1-c1ccccc1.Cl.Cl. The highest BCUT2D eigenvalue weighted by molar-refractivity contribution is 5.85. The number of carbonyl (C=O) groups excluding carboxylic acids is 1. The van der Waals surface area contributed by atoms with Gasteiger partial charge in [0.15, 0.2) is 11.7 Å². The number of oxazole rings is 1. The minimum Gasteiger partial charge on any atom is -0.440 e. The topological polar surface area (TPSA) is 67.2 Å². The fourth-order valence-electron chi connectivity index (χ4n) is 3.10. The zero-order valence-corrected chi connectivity index (χ0v) is 16.6. The standard InChI is InChI=1S/C19H25N3O2.2ClH/c1-14-19(16-5-3-2-4-6-16)24-18(22-14)8-7-17(23)21-12-10-15-9-11-20-13-15;;/h2-6,15,20H,7-13H2,1H3,(H,21,23);2*1H. The minimum absolute atomic E-state index is 0. The fraction of sp³-hybridized carbons (Fsp3) is 0.474. The van der Waals surface area contributed by atoms with Crippen molar-refractivity contribution in [1.82, 2.24) is 15.6 Å². The number of hydrogen-bond donors (Lipinski definition) is 2. The first-order valence-electron chi connectivity index (χ1n) is 8.71. The summed E-state index contributed by atoms with van der Waals surface area (Å²) in [6, 6.07) is 9.93. The summed E-state index contributed by atoms with van der Waals surface area (Å²) in [4.78, 5) is 16.4. The molecule has 1 aromatic heterocycles. The molecule has 1 aromatic carbocycles. The van der Waals surface area contributed by atoms with E-state index in [0.29, 0.717) is 24.7 Å². The van der Waals surface area contributed by atoms with E-state index in [1.807, 2.05) is 37.3 Å². The van der Waals surface area contributed by atoms with Crippen LogP contribution in [0.15, 0.2) is 34.7 Å². The summed E-state index contributed by atoms with van der Waals surface area (Å²) < 4.78 is 5.84. The van der Waals surface area contributed by atoms with Crippen molar-refractivity contribution >= 4 is 30.7 Å². The molecule has 2 N–H and O–H groups in total. The van der Waals surface area contributed by atoms with Gasteiger partial charge in [-0.2, -0.15) is 0 Å². The maximum absolute atomic E-state index is 12.0. The summed E-state index contributed by atoms with van der Waals surface area (Å²) in [6.07, 6.45) is 3.21. The van der Waals surface area contributed by atoms with Gasteiger partial charge in [-0.25, -0.2) is 4.98 Å². The van der Waals surface area contributed by atoms with Crippen molar-refractivity contribution in [3.8, 4) is 11.3 Å². The summed E-state index contributed by atoms with van der Waals surface area (Å²) in [6.45, 7) is 4.87. The fourth-order valence-corrected chi connectivity index (χ4v) is 3.10. The Morgan fingerprint density at radius 3 is 2.77 bits per heavy atom. The van der Waals surface area contributed by atoms with Gasteiger partial charge in [0.2, 0.25) is 5.91 Å². The van der Waals surface area contributed by atoms with Crippen LogP contribution in [-0.4, -0.2) is 30.5 Å². The number of nitrogens with zero attached hydrogens (tertiary/aromatic N) is 1. The second-order valence-electron chi connectivity index (χ2n) is 6.39. The molecule has 0 saturated carbocycles. The van der Waals surface area contributed by atoms with Crippen molar-refractivity contribution in [2.75, 3.05) is 19.6 Å². The quantitative estimate of drug-likeness (QED) is 0.746. The third kappa shape index (κ3) is 6.31. The zero-order valence-electron chi connectivity index (χ0n) is 15.0. The van der Waals surface area contributed by atoms with Gasteiger partial charge in [-0.05, 0) is 38.8 Å². The molecule has 1 aliphatic heterocycles. The van der Waals surface area contributed by atoms with Crippen LogP contribution >= 0.6 is 24.8 Å². The number of nitrogens with one attached hydrogen (secondary N) is 2. The number of amides is 1. The van der Waals surface area contributed by atoms with E-state index in [-0.39, 0.29) is 30.7 Å². The van der Waals surface area contributed by atoms with E-state index < -0.39 is 0 Å². The molecule has 1 unspecified atom stereocenters. The minimum atomic E-state index is 0. The van der Waals surface area contributed by atoms with Gasteiger partial charge in [0.05, 0.1) is 5.69 Å². The van der Waals surface area contributed by atoms with Gasteiger partial charge in [0.25, 0.3) is 0 Å². The van der Waals surface area contributed by atoms with E-state index in [4.69, 9.17) is 4.42 Å². The van der Waals surface area contributed by atoms with Crippen LogP contribution in [0.4, 0.5) is 0 Å². The molecule has 0 aliphatic carbocycles. The molecule has 144 valence electrons. The van der Waals surface area contributed by atoms with Gasteiger partial charge in [0.1, 0.15) is 0 Å². The third-order valence-electron chi connectivity index (χ3n) is 4.48. The van der Waals surface area contributed by atoms with Crippen LogP contribution in [0.1, 0.15) is 30.8 Å². The van der Waals surface area contributed by atoms with Crippen LogP contribution in [0, 0.1) is 12.8 Å². The number of benzene rings is 1. The van der Waals surface area contributed by atoms with Crippen LogP contribution in [-0.2, 0) is 11.2 Å². The lowest BCUT2D eigenvalue weighted by atomic mass is 10.1. The molecule has 1 saturated heterocycles. The number of rotatable bonds is 7. The molecular formula is C19H27Cl2N3O2. The maximum Gasteiger partial charge on any atom is 0.220 e. The van der Waals surface area contributed by atoms with Crippen molar-refractivity contribution in [3.05, 3.63) is 41.9 Å². The van der Waals surface area contributed by atoms with Gasteiger partial charge < -0.3 is 15.1 Å². The van der Waals surface area contributed by atoms with E-state index in [1.54, 1.807) is 0 Å². The normalized spacial score (nSPS) is 15.8. The van der Waals surface area contributed by atoms with E-state index in [1.165, 1.54) is 6.42 Å². The highest BCUT2D eigenvalue weighted by Crippen LogP contribution is 2.24. The molecule has 5 nitrogen and oxygen atoms in total. The molecule has 2 aromatic rings. The maximum atomic E-state index is 12.0. The van der Waals surface area contributed by atoms with Gasteiger partial charge in [-0.1, -0.05) is 30.3 Å². The molecule has 7 heteroatoms. The first-order valence-corrected chi connectivity index (χ1v) is 8.71. The summed E-state index contributed by atoms with van der Waals surface area (Å²) in [5.74, 6) is 2.19. The van der Waals surface area contributed by atoms with Gasteiger partial charge in [-0.3, -0.25) is 4.79 Å².